The number of ether oxygens (including phenoxy) is 4. The molecule has 0 heterocycles. The van der Waals surface area contributed by atoms with Crippen molar-refractivity contribution in [3.63, 3.8) is 0 Å². The molecule has 4 aromatic carbocycles. The fraction of sp³-hybridized carbons (Fsp3) is 0.500. The highest BCUT2D eigenvalue weighted by atomic mass is 28.4. The largest absolute Gasteiger partial charge is 0.494 e. The zero-order chi connectivity index (χ0) is 40.9. The van der Waals surface area contributed by atoms with Crippen LogP contribution in [0.4, 0.5) is 0 Å². The van der Waals surface area contributed by atoms with Crippen LogP contribution in [0.15, 0.2) is 72.8 Å². The van der Waals surface area contributed by atoms with Gasteiger partial charge in [-0.1, -0.05) is 107 Å². The molecular weight excluding hydrogens is 713 g/mol. The van der Waals surface area contributed by atoms with Crippen molar-refractivity contribution < 1.29 is 23.1 Å². The molecule has 0 aliphatic carbocycles. The first-order valence-electron chi connectivity index (χ1n) is 20.1. The van der Waals surface area contributed by atoms with Crippen molar-refractivity contribution >= 4 is 38.8 Å². The van der Waals surface area contributed by atoms with E-state index in [4.69, 9.17) is 23.1 Å². The zero-order valence-electron chi connectivity index (χ0n) is 36.8. The van der Waals surface area contributed by atoms with E-state index in [1.165, 1.54) is 22.3 Å². The van der Waals surface area contributed by atoms with Crippen LogP contribution < -0.4 is 39.7 Å². The van der Waals surface area contributed by atoms with Gasteiger partial charge in [-0.05, 0) is 141 Å². The first kappa shape index (κ1) is 44.2. The van der Waals surface area contributed by atoms with Crippen molar-refractivity contribution in [2.45, 2.75) is 132 Å². The van der Waals surface area contributed by atoms with Crippen molar-refractivity contribution in [2.75, 3.05) is 26.4 Å². The molecule has 0 fully saturated rings. The summed E-state index contributed by atoms with van der Waals surface area (Å²) in [5.74, 6) is 3.46. The molecule has 0 spiro atoms. The van der Waals surface area contributed by atoms with Crippen LogP contribution in [0.1, 0.15) is 133 Å². The van der Waals surface area contributed by atoms with E-state index in [-0.39, 0.29) is 21.7 Å². The van der Waals surface area contributed by atoms with Crippen LogP contribution in [0.3, 0.4) is 0 Å². The monoisotopic (exact) mass is 780 g/mol. The summed E-state index contributed by atoms with van der Waals surface area (Å²) in [4.78, 5) is 0. The number of rotatable bonds is 14. The highest BCUT2D eigenvalue weighted by Crippen LogP contribution is 2.30. The summed E-state index contributed by atoms with van der Waals surface area (Å²) in [5, 5.41) is 4.58. The van der Waals surface area contributed by atoms with Crippen LogP contribution in [-0.2, 0) is 25.8 Å². The molecule has 2 radical (unpaired) electrons. The molecule has 55 heavy (non-hydrogen) atoms. The third-order valence-corrected chi connectivity index (χ3v) is 14.5. The second kappa shape index (κ2) is 17.7. The molecule has 0 aliphatic rings. The first-order valence-corrected chi connectivity index (χ1v) is 23.0. The summed E-state index contributed by atoms with van der Waals surface area (Å²) in [5.41, 5.74) is 4.44. The van der Waals surface area contributed by atoms with E-state index in [0.717, 1.165) is 43.7 Å². The third kappa shape index (κ3) is 11.7. The van der Waals surface area contributed by atoms with Gasteiger partial charge in [-0.3, -0.25) is 0 Å². The number of benzene rings is 4. The molecule has 5 nitrogen and oxygen atoms in total. The molecule has 0 aromatic heterocycles. The zero-order valence-corrected chi connectivity index (χ0v) is 38.8. The van der Waals surface area contributed by atoms with Crippen LogP contribution in [0.2, 0.25) is 0 Å². The highest BCUT2D eigenvalue weighted by Gasteiger charge is 2.34. The molecule has 0 saturated carbocycles. The first-order chi connectivity index (χ1) is 25.6. The van der Waals surface area contributed by atoms with Crippen molar-refractivity contribution in [2.24, 2.45) is 0 Å². The van der Waals surface area contributed by atoms with Crippen molar-refractivity contribution in [1.82, 2.24) is 0 Å². The van der Waals surface area contributed by atoms with Gasteiger partial charge in [0.15, 0.2) is 0 Å². The molecule has 0 unspecified atom stereocenters. The lowest BCUT2D eigenvalue weighted by atomic mass is 9.87. The van der Waals surface area contributed by atoms with E-state index in [0.29, 0.717) is 26.4 Å². The topological polar surface area (TPSA) is 46.2 Å². The van der Waals surface area contributed by atoms with Crippen molar-refractivity contribution in [1.29, 1.82) is 0 Å². The second-order valence-electron chi connectivity index (χ2n) is 18.5. The standard InChI is InChI=1S/C48H68O5Si2/c1-17-49-37-21-33(45(5,6)7)25-41(29-37)54(42-26-34(46(8,9)10)22-38(30-42)50-18-2)53-55(43-27-35(47(11,12)13)23-39(31-43)51-19-3)44-28-36(48(14,15)16)24-40(32-44)52-20-4/h21-32H,17-20H2,1-16H3. The van der Waals surface area contributed by atoms with E-state index in [2.05, 4.69) is 156 Å². The molecule has 0 aliphatic heterocycles. The Morgan fingerprint density at radius 1 is 0.327 bits per heavy atom. The van der Waals surface area contributed by atoms with E-state index < -0.39 is 18.1 Å². The lowest BCUT2D eigenvalue weighted by Gasteiger charge is -2.30. The fourth-order valence-electron chi connectivity index (χ4n) is 6.32. The lowest BCUT2D eigenvalue weighted by molar-refractivity contribution is 0.339. The van der Waals surface area contributed by atoms with Gasteiger partial charge in [0.25, 0.3) is 18.1 Å². The Kier molecular flexibility index (Phi) is 14.2. The van der Waals surface area contributed by atoms with Crippen molar-refractivity contribution in [3.05, 3.63) is 95.1 Å². The van der Waals surface area contributed by atoms with Gasteiger partial charge in [-0.2, -0.15) is 0 Å². The molecule has 0 N–H and O–H groups in total. The molecule has 0 saturated heterocycles. The SMILES string of the molecule is CCOc1cc([Si](O[Si](c2cc(OCC)cc(C(C)(C)C)c2)c2cc(OCC)cc(C(C)(C)C)c2)c2cc(OCC)cc(C(C)(C)C)c2)cc(C(C)(C)C)c1. The molecule has 4 rings (SSSR count). The van der Waals surface area contributed by atoms with Crippen LogP contribution in [-0.4, -0.2) is 44.5 Å². The molecule has 7 heteroatoms. The van der Waals surface area contributed by atoms with Gasteiger partial charge < -0.3 is 23.1 Å². The summed E-state index contributed by atoms with van der Waals surface area (Å²) in [6.45, 7) is 37.7. The maximum absolute atomic E-state index is 7.98. The lowest BCUT2D eigenvalue weighted by Crippen LogP contribution is -2.56. The Morgan fingerprint density at radius 3 is 0.691 bits per heavy atom. The van der Waals surface area contributed by atoms with Gasteiger partial charge >= 0.3 is 0 Å². The second-order valence-corrected chi connectivity index (χ2v) is 22.9. The summed E-state index contributed by atoms with van der Waals surface area (Å²) in [6.07, 6.45) is 0. The van der Waals surface area contributed by atoms with Gasteiger partial charge in [0.05, 0.1) is 26.4 Å². The van der Waals surface area contributed by atoms with Crippen LogP contribution in [0, 0.1) is 0 Å². The average Bonchev–Trinajstić information content (AvgIpc) is 3.07. The van der Waals surface area contributed by atoms with Crippen LogP contribution in [0.5, 0.6) is 23.0 Å². The Labute approximate surface area is 337 Å². The fourth-order valence-corrected chi connectivity index (χ4v) is 11.9. The molecular formula is C48H68O5Si2. The van der Waals surface area contributed by atoms with Gasteiger partial charge in [0, 0.05) is 0 Å². The number of hydrogen-bond acceptors (Lipinski definition) is 5. The Bertz CT molecular complexity index is 1620. The van der Waals surface area contributed by atoms with E-state index in [9.17, 15) is 0 Å². The Morgan fingerprint density at radius 2 is 0.527 bits per heavy atom. The smallest absolute Gasteiger partial charge is 0.272 e. The summed E-state index contributed by atoms with van der Waals surface area (Å²) >= 11 is 0. The van der Waals surface area contributed by atoms with Gasteiger partial charge in [-0.15, -0.1) is 0 Å². The van der Waals surface area contributed by atoms with Gasteiger partial charge in [-0.25, -0.2) is 0 Å². The summed E-state index contributed by atoms with van der Waals surface area (Å²) in [6, 6.07) is 27.0. The predicted octanol–water partition coefficient (Wildman–Crippen LogP) is 9.40. The van der Waals surface area contributed by atoms with Crippen LogP contribution >= 0.6 is 0 Å². The summed E-state index contributed by atoms with van der Waals surface area (Å²) in [7, 11) is -3.95. The highest BCUT2D eigenvalue weighted by molar-refractivity contribution is 6.92. The molecule has 298 valence electrons. The minimum Gasteiger partial charge on any atom is -0.494 e. The van der Waals surface area contributed by atoms with Gasteiger partial charge in [0.1, 0.15) is 23.0 Å². The van der Waals surface area contributed by atoms with Gasteiger partial charge in [0.2, 0.25) is 0 Å². The minimum absolute atomic E-state index is 0.104. The number of hydrogen-bond donors (Lipinski definition) is 0. The third-order valence-electron chi connectivity index (χ3n) is 9.59. The van der Waals surface area contributed by atoms with E-state index >= 15 is 0 Å². The van der Waals surface area contributed by atoms with E-state index in [1.807, 2.05) is 27.7 Å². The summed E-state index contributed by atoms with van der Waals surface area (Å²) < 4.78 is 33.1. The van der Waals surface area contributed by atoms with Crippen LogP contribution in [0.25, 0.3) is 0 Å². The molecule has 4 aromatic rings. The minimum atomic E-state index is -1.98. The van der Waals surface area contributed by atoms with Crippen molar-refractivity contribution in [3.8, 4) is 23.0 Å². The normalized spacial score (nSPS) is 12.7. The van der Waals surface area contributed by atoms with E-state index in [1.54, 1.807) is 0 Å². The maximum atomic E-state index is 7.98. The quantitative estimate of drug-likeness (QED) is 0.119. The Balaban J connectivity index is 2.17. The molecule has 0 atom stereocenters. The molecule has 0 amide bonds. The molecule has 0 bridgehead atoms. The maximum Gasteiger partial charge on any atom is 0.272 e. The average molecular weight is 781 g/mol. The Hall–Kier alpha value is -3.53. The predicted molar refractivity (Wildman–Crippen MR) is 236 cm³/mol.